The SMILES string of the molecule is CC.CCCNC(=O)c1ccco1.[HH]. The number of carbonyl (C=O) groups is 1. The van der Waals surface area contributed by atoms with E-state index in [2.05, 4.69) is 5.32 Å². The van der Waals surface area contributed by atoms with Crippen LogP contribution in [0.1, 0.15) is 39.2 Å². The smallest absolute Gasteiger partial charge is 0.286 e. The molecule has 0 fully saturated rings. The van der Waals surface area contributed by atoms with Crippen molar-refractivity contribution in [3.05, 3.63) is 24.2 Å². The maximum atomic E-state index is 11.1. The normalized spacial score (nSPS) is 8.54. The summed E-state index contributed by atoms with van der Waals surface area (Å²) >= 11 is 0. The van der Waals surface area contributed by atoms with Gasteiger partial charge < -0.3 is 9.73 Å². The number of amides is 1. The second kappa shape index (κ2) is 7.40. The zero-order chi connectivity index (χ0) is 10.1. The Morgan fingerprint density at radius 3 is 2.77 bits per heavy atom. The summed E-state index contributed by atoms with van der Waals surface area (Å²) in [6.07, 6.45) is 2.42. The van der Waals surface area contributed by atoms with Crippen molar-refractivity contribution in [2.45, 2.75) is 27.2 Å². The fraction of sp³-hybridized carbons (Fsp3) is 0.500. The Labute approximate surface area is 80.6 Å². The van der Waals surface area contributed by atoms with Crippen molar-refractivity contribution in [1.82, 2.24) is 5.32 Å². The van der Waals surface area contributed by atoms with E-state index in [4.69, 9.17) is 4.42 Å². The molecule has 1 aromatic heterocycles. The van der Waals surface area contributed by atoms with Crippen LogP contribution in [0.5, 0.6) is 0 Å². The Morgan fingerprint density at radius 1 is 1.62 bits per heavy atom. The van der Waals surface area contributed by atoms with Crippen LogP contribution in [0.25, 0.3) is 0 Å². The highest BCUT2D eigenvalue weighted by atomic mass is 16.3. The molecule has 1 heterocycles. The second-order valence-corrected chi connectivity index (χ2v) is 2.23. The zero-order valence-electron chi connectivity index (χ0n) is 8.46. The largest absolute Gasteiger partial charge is 0.459 e. The molecular weight excluding hydrogens is 166 g/mol. The predicted molar refractivity (Wildman–Crippen MR) is 54.8 cm³/mol. The molecule has 3 heteroatoms. The van der Waals surface area contributed by atoms with Gasteiger partial charge in [0.15, 0.2) is 5.76 Å². The lowest BCUT2D eigenvalue weighted by Crippen LogP contribution is -2.23. The molecular formula is C10H19NO2. The molecule has 0 bridgehead atoms. The minimum absolute atomic E-state index is 0. The standard InChI is InChI=1S/C8H11NO2.C2H6.H2/c1-2-5-9-8(10)7-4-3-6-11-7;1-2;/h3-4,6H,2,5H2,1H3,(H,9,10);1-2H3;1H. The molecule has 0 aliphatic rings. The monoisotopic (exact) mass is 185 g/mol. The summed E-state index contributed by atoms with van der Waals surface area (Å²) in [7, 11) is 0. The molecule has 0 aromatic carbocycles. The van der Waals surface area contributed by atoms with Crippen LogP contribution in [0.15, 0.2) is 22.8 Å². The zero-order valence-corrected chi connectivity index (χ0v) is 8.46. The first-order valence-corrected chi connectivity index (χ1v) is 4.66. The lowest BCUT2D eigenvalue weighted by Gasteiger charge is -1.98. The summed E-state index contributed by atoms with van der Waals surface area (Å²) in [5.74, 6) is 0.232. The molecule has 76 valence electrons. The van der Waals surface area contributed by atoms with Gasteiger partial charge in [-0.3, -0.25) is 4.79 Å². The van der Waals surface area contributed by atoms with Crippen LogP contribution in [0.4, 0.5) is 0 Å². The number of carbonyl (C=O) groups excluding carboxylic acids is 1. The Bertz CT molecular complexity index is 222. The molecule has 13 heavy (non-hydrogen) atoms. The minimum atomic E-state index is -0.142. The van der Waals surface area contributed by atoms with E-state index < -0.39 is 0 Å². The number of furan rings is 1. The van der Waals surface area contributed by atoms with Crippen LogP contribution in [0.2, 0.25) is 0 Å². The third-order valence-corrected chi connectivity index (χ3v) is 1.28. The number of nitrogens with one attached hydrogen (secondary N) is 1. The molecule has 0 aliphatic carbocycles. The van der Waals surface area contributed by atoms with Crippen molar-refractivity contribution in [3.8, 4) is 0 Å². The van der Waals surface area contributed by atoms with Crippen LogP contribution in [0.3, 0.4) is 0 Å². The van der Waals surface area contributed by atoms with Crippen molar-refractivity contribution in [2.24, 2.45) is 0 Å². The molecule has 0 saturated carbocycles. The first-order valence-electron chi connectivity index (χ1n) is 4.66. The second-order valence-electron chi connectivity index (χ2n) is 2.23. The van der Waals surface area contributed by atoms with Gasteiger partial charge in [0, 0.05) is 7.97 Å². The highest BCUT2D eigenvalue weighted by molar-refractivity contribution is 5.91. The van der Waals surface area contributed by atoms with E-state index >= 15 is 0 Å². The van der Waals surface area contributed by atoms with E-state index in [1.165, 1.54) is 6.26 Å². The third kappa shape index (κ3) is 4.35. The van der Waals surface area contributed by atoms with E-state index in [0.717, 1.165) is 6.42 Å². The highest BCUT2D eigenvalue weighted by Crippen LogP contribution is 1.98. The van der Waals surface area contributed by atoms with Crippen molar-refractivity contribution in [1.29, 1.82) is 0 Å². The van der Waals surface area contributed by atoms with Crippen LogP contribution in [0, 0.1) is 0 Å². The summed E-state index contributed by atoms with van der Waals surface area (Å²) in [5, 5.41) is 2.70. The van der Waals surface area contributed by atoms with Crippen molar-refractivity contribution < 1.29 is 10.6 Å². The molecule has 1 rings (SSSR count). The van der Waals surface area contributed by atoms with Gasteiger partial charge in [0.25, 0.3) is 5.91 Å². The molecule has 1 N–H and O–H groups in total. The van der Waals surface area contributed by atoms with Crippen LogP contribution in [-0.2, 0) is 0 Å². The molecule has 0 radical (unpaired) electrons. The number of hydrogen-bond acceptors (Lipinski definition) is 2. The van der Waals surface area contributed by atoms with Gasteiger partial charge in [-0.1, -0.05) is 20.8 Å². The Balaban J connectivity index is 0. The van der Waals surface area contributed by atoms with Gasteiger partial charge >= 0.3 is 0 Å². The number of rotatable bonds is 3. The van der Waals surface area contributed by atoms with Crippen molar-refractivity contribution in [3.63, 3.8) is 0 Å². The van der Waals surface area contributed by atoms with Gasteiger partial charge in [0.1, 0.15) is 0 Å². The van der Waals surface area contributed by atoms with Gasteiger partial charge in [-0.2, -0.15) is 0 Å². The molecule has 0 spiro atoms. The van der Waals surface area contributed by atoms with E-state index in [-0.39, 0.29) is 7.33 Å². The first kappa shape index (κ1) is 11.8. The summed E-state index contributed by atoms with van der Waals surface area (Å²) in [6, 6.07) is 3.34. The molecule has 3 nitrogen and oxygen atoms in total. The summed E-state index contributed by atoms with van der Waals surface area (Å²) in [6.45, 7) is 6.70. The van der Waals surface area contributed by atoms with Gasteiger partial charge in [-0.15, -0.1) is 0 Å². The van der Waals surface area contributed by atoms with E-state index in [0.29, 0.717) is 12.3 Å². The lowest BCUT2D eigenvalue weighted by molar-refractivity contribution is 0.0926. The van der Waals surface area contributed by atoms with E-state index in [1.54, 1.807) is 12.1 Å². The lowest BCUT2D eigenvalue weighted by atomic mass is 10.4. The van der Waals surface area contributed by atoms with Crippen LogP contribution in [-0.4, -0.2) is 12.5 Å². The number of hydrogen-bond donors (Lipinski definition) is 1. The predicted octanol–water partition coefficient (Wildman–Crippen LogP) is 2.69. The van der Waals surface area contributed by atoms with Gasteiger partial charge in [-0.05, 0) is 18.6 Å². The average molecular weight is 185 g/mol. The molecule has 0 saturated heterocycles. The topological polar surface area (TPSA) is 42.2 Å². The molecule has 0 unspecified atom stereocenters. The summed E-state index contributed by atoms with van der Waals surface area (Å²) in [4.78, 5) is 11.1. The molecule has 0 aliphatic heterocycles. The fourth-order valence-electron chi connectivity index (χ4n) is 0.733. The van der Waals surface area contributed by atoms with Crippen molar-refractivity contribution >= 4 is 5.91 Å². The Hall–Kier alpha value is -1.25. The molecule has 1 amide bonds. The Morgan fingerprint density at radius 2 is 2.31 bits per heavy atom. The van der Waals surface area contributed by atoms with Crippen molar-refractivity contribution in [2.75, 3.05) is 6.54 Å². The first-order chi connectivity index (χ1) is 6.34. The maximum absolute atomic E-state index is 11.1. The van der Waals surface area contributed by atoms with E-state index in [1.807, 2.05) is 20.8 Å². The molecule has 1 aromatic rings. The average Bonchev–Trinajstić information content (AvgIpc) is 2.70. The summed E-state index contributed by atoms with van der Waals surface area (Å²) in [5.41, 5.74) is 0. The summed E-state index contributed by atoms with van der Waals surface area (Å²) < 4.78 is 4.88. The minimum Gasteiger partial charge on any atom is -0.459 e. The van der Waals surface area contributed by atoms with Crippen LogP contribution < -0.4 is 5.32 Å². The third-order valence-electron chi connectivity index (χ3n) is 1.28. The van der Waals surface area contributed by atoms with Gasteiger partial charge in [0.2, 0.25) is 0 Å². The van der Waals surface area contributed by atoms with Gasteiger partial charge in [0.05, 0.1) is 6.26 Å². The Kier molecular flexibility index (Phi) is 6.69. The fourth-order valence-corrected chi connectivity index (χ4v) is 0.733. The quantitative estimate of drug-likeness (QED) is 0.786. The maximum Gasteiger partial charge on any atom is 0.286 e. The molecule has 0 atom stereocenters. The van der Waals surface area contributed by atoms with Crippen LogP contribution >= 0.6 is 0 Å². The van der Waals surface area contributed by atoms with E-state index in [9.17, 15) is 4.79 Å². The van der Waals surface area contributed by atoms with Gasteiger partial charge in [-0.25, -0.2) is 0 Å². The highest BCUT2D eigenvalue weighted by Gasteiger charge is 2.05.